The molecule has 2 amide bonds. The number of H-pyrrole nitrogens is 2. The Hall–Kier alpha value is -4.61. The average Bonchev–Trinajstić information content (AvgIpc) is 3.67. The Bertz CT molecular complexity index is 1920. The van der Waals surface area contributed by atoms with Crippen molar-refractivity contribution in [3.63, 3.8) is 0 Å². The summed E-state index contributed by atoms with van der Waals surface area (Å²) < 4.78 is 47.4. The number of hydrogen-bond donors (Lipinski definition) is 7. The van der Waals surface area contributed by atoms with Gasteiger partial charge < -0.3 is 26.3 Å². The predicted molar refractivity (Wildman–Crippen MR) is 184 cm³/mol. The number of carbonyl (C=O) groups is 2. The van der Waals surface area contributed by atoms with Gasteiger partial charge in [0.1, 0.15) is 17.9 Å². The van der Waals surface area contributed by atoms with Crippen LogP contribution in [0.15, 0.2) is 68.9 Å². The molecule has 0 spiro atoms. The number of aromatic amines is 2. The fraction of sp³-hybridized carbons (Fsp3) is 0.406. The van der Waals surface area contributed by atoms with Crippen molar-refractivity contribution in [3.05, 3.63) is 82.5 Å². The van der Waals surface area contributed by atoms with Crippen LogP contribution in [0.4, 0.5) is 4.39 Å². The Balaban J connectivity index is 1.23. The molecule has 5 rings (SSSR count). The summed E-state index contributed by atoms with van der Waals surface area (Å²) in [6.45, 7) is 0.817. The number of fused-ring (bicyclic) bond motifs is 1. The van der Waals surface area contributed by atoms with Crippen molar-refractivity contribution in [2.45, 2.75) is 74.4 Å². The molecule has 2 aromatic heterocycles. The topological polar surface area (TPSA) is 203 Å². The van der Waals surface area contributed by atoms with E-state index >= 15 is 0 Å². The molecule has 0 saturated heterocycles. The van der Waals surface area contributed by atoms with E-state index in [4.69, 9.17) is 12.2 Å². The van der Waals surface area contributed by atoms with Gasteiger partial charge in [0, 0.05) is 49.1 Å². The third-order valence-corrected chi connectivity index (χ3v) is 10.00. The molecule has 262 valence electrons. The number of sulfonamides is 1. The molecule has 0 unspecified atom stereocenters. The van der Waals surface area contributed by atoms with Gasteiger partial charge in [-0.1, -0.05) is 29.4 Å². The fourth-order valence-electron chi connectivity index (χ4n) is 5.39. The number of amides is 2. The lowest BCUT2D eigenvalue weighted by Crippen LogP contribution is -2.56. The van der Waals surface area contributed by atoms with Crippen molar-refractivity contribution in [1.29, 1.82) is 0 Å². The van der Waals surface area contributed by atoms with Crippen molar-refractivity contribution < 1.29 is 26.9 Å². The average molecular weight is 715 g/mol. The predicted octanol–water partition coefficient (Wildman–Crippen LogP) is 1.90. The number of halogens is 1. The molecule has 14 nitrogen and oxygen atoms in total. The zero-order valence-corrected chi connectivity index (χ0v) is 28.2. The minimum Gasteiger partial charge on any atom is -0.363 e. The molecule has 1 aliphatic carbocycles. The van der Waals surface area contributed by atoms with Crippen molar-refractivity contribution in [3.8, 4) is 0 Å². The summed E-state index contributed by atoms with van der Waals surface area (Å²) in [6.07, 6.45) is 6.09. The third kappa shape index (κ3) is 10.2. The van der Waals surface area contributed by atoms with E-state index < -0.39 is 39.6 Å². The molecule has 0 aliphatic heterocycles. The Labute approximate surface area is 287 Å². The summed E-state index contributed by atoms with van der Waals surface area (Å²) in [5, 5.41) is 16.7. The van der Waals surface area contributed by atoms with Gasteiger partial charge in [-0.3, -0.25) is 19.1 Å². The van der Waals surface area contributed by atoms with Crippen LogP contribution in [0.3, 0.4) is 0 Å². The van der Waals surface area contributed by atoms with E-state index in [0.717, 1.165) is 47.9 Å². The molecule has 1 aliphatic rings. The van der Waals surface area contributed by atoms with Gasteiger partial charge in [0.2, 0.25) is 21.8 Å². The Morgan fingerprint density at radius 1 is 1.04 bits per heavy atom. The Morgan fingerprint density at radius 2 is 1.84 bits per heavy atom. The second kappa shape index (κ2) is 16.7. The van der Waals surface area contributed by atoms with Gasteiger partial charge in [0.15, 0.2) is 10.9 Å². The molecule has 17 heteroatoms. The third-order valence-electron chi connectivity index (χ3n) is 8.24. The summed E-state index contributed by atoms with van der Waals surface area (Å²) in [5.74, 6) is -2.02. The van der Waals surface area contributed by atoms with Crippen LogP contribution < -0.4 is 31.7 Å². The van der Waals surface area contributed by atoms with Crippen molar-refractivity contribution in [1.82, 2.24) is 41.1 Å². The summed E-state index contributed by atoms with van der Waals surface area (Å²) >= 11 is 5.28. The largest absolute Gasteiger partial charge is 0.438 e. The second-order valence-electron chi connectivity index (χ2n) is 11.9. The highest BCUT2D eigenvalue weighted by Gasteiger charge is 2.31. The normalized spacial score (nSPS) is 14.5. The molecule has 2 heterocycles. The zero-order valence-electron chi connectivity index (χ0n) is 26.6. The van der Waals surface area contributed by atoms with Crippen LogP contribution >= 0.6 is 12.2 Å². The number of para-hydroxylation sites is 1. The number of unbranched alkanes of at least 4 members (excludes halogenated alkanes) is 1. The van der Waals surface area contributed by atoms with E-state index in [0.29, 0.717) is 43.3 Å². The maximum absolute atomic E-state index is 13.9. The SMILES string of the molecule is O=C(NC1CCC1)[C@H](Cc1c[nH]c2ccccc12)NC(=O)[C@H](CCCCNC(=S)NCCc1noc(=O)[nH]1)NS(=O)(=O)c1cccc(F)c1. The van der Waals surface area contributed by atoms with Gasteiger partial charge in [-0.15, -0.1) is 0 Å². The molecule has 7 N–H and O–H groups in total. The minimum atomic E-state index is -4.30. The first kappa shape index (κ1) is 35.7. The van der Waals surface area contributed by atoms with Crippen molar-refractivity contribution in [2.24, 2.45) is 0 Å². The molecule has 2 aromatic carbocycles. The van der Waals surface area contributed by atoms with E-state index in [1.807, 2.05) is 24.3 Å². The summed E-state index contributed by atoms with van der Waals surface area (Å²) in [7, 11) is -4.30. The zero-order chi connectivity index (χ0) is 34.8. The first-order chi connectivity index (χ1) is 23.6. The quantitative estimate of drug-likeness (QED) is 0.0626. The van der Waals surface area contributed by atoms with E-state index in [1.54, 1.807) is 6.20 Å². The van der Waals surface area contributed by atoms with E-state index in [1.165, 1.54) is 12.1 Å². The number of benzene rings is 2. The number of carbonyl (C=O) groups excluding carboxylic acids is 2. The molecule has 49 heavy (non-hydrogen) atoms. The van der Waals surface area contributed by atoms with Crippen LogP contribution in [0.2, 0.25) is 0 Å². The highest BCUT2D eigenvalue weighted by Crippen LogP contribution is 2.21. The Kier molecular flexibility index (Phi) is 12.1. The smallest absolute Gasteiger partial charge is 0.363 e. The molecule has 2 atom stereocenters. The van der Waals surface area contributed by atoms with Crippen molar-refractivity contribution in [2.75, 3.05) is 13.1 Å². The molecule has 0 bridgehead atoms. The lowest BCUT2D eigenvalue weighted by molar-refractivity contribution is -0.130. The number of thiocarbonyl (C=S) groups is 1. The monoisotopic (exact) mass is 714 g/mol. The number of nitrogens with zero attached hydrogens (tertiary/aromatic N) is 1. The van der Waals surface area contributed by atoms with E-state index in [-0.39, 0.29) is 29.7 Å². The number of rotatable bonds is 17. The molecule has 1 saturated carbocycles. The number of hydrogen-bond acceptors (Lipinski definition) is 8. The number of aromatic nitrogens is 3. The molecule has 4 aromatic rings. The molecular weight excluding hydrogens is 676 g/mol. The fourth-order valence-corrected chi connectivity index (χ4v) is 6.85. The summed E-state index contributed by atoms with van der Waals surface area (Å²) in [4.78, 5) is 43.6. The van der Waals surface area contributed by atoms with Crippen molar-refractivity contribution >= 4 is 50.1 Å². The number of nitrogens with one attached hydrogen (secondary N) is 7. The lowest BCUT2D eigenvalue weighted by Gasteiger charge is -2.29. The maximum atomic E-state index is 13.9. The van der Waals surface area contributed by atoms with E-state index in [9.17, 15) is 27.2 Å². The molecule has 1 fully saturated rings. The highest BCUT2D eigenvalue weighted by atomic mass is 32.2. The maximum Gasteiger partial charge on any atom is 0.438 e. The Morgan fingerprint density at radius 3 is 2.57 bits per heavy atom. The van der Waals surface area contributed by atoms with Crippen LogP contribution in [0.25, 0.3) is 10.9 Å². The van der Waals surface area contributed by atoms with Crippen LogP contribution in [0.1, 0.15) is 49.9 Å². The van der Waals surface area contributed by atoms with Crippen LogP contribution in [-0.4, -0.2) is 71.7 Å². The highest BCUT2D eigenvalue weighted by molar-refractivity contribution is 7.89. The van der Waals surface area contributed by atoms with Gasteiger partial charge in [-0.2, -0.15) is 4.72 Å². The standard InChI is InChI=1S/C32H39FN8O6S2/c33-21-7-5-10-23(18-21)49(45,46)41-26(13-3-4-15-34-31(48)35-16-14-28-39-32(44)47-40-28)29(42)38-27(30(43)37-22-8-6-9-22)17-20-19-36-25-12-2-1-11-24(20)25/h1-2,5,7,10-12,18-19,22,26-27,36,41H,3-4,6,8-9,13-17H2,(H,37,43)(H,38,42)(H2,34,35,48)(H,39,40,44)/t26-,27-/m0/s1. The minimum absolute atomic E-state index is 0.0246. The van der Waals surface area contributed by atoms with Gasteiger partial charge in [0.05, 0.1) is 4.90 Å². The van der Waals surface area contributed by atoms with Gasteiger partial charge >= 0.3 is 5.76 Å². The van der Waals surface area contributed by atoms with Crippen LogP contribution in [0, 0.1) is 5.82 Å². The van der Waals surface area contributed by atoms with Gasteiger partial charge in [-0.05, 0) is 80.6 Å². The van der Waals surface area contributed by atoms with Gasteiger partial charge in [0.25, 0.3) is 0 Å². The summed E-state index contributed by atoms with van der Waals surface area (Å²) in [6, 6.07) is 9.92. The molecule has 0 radical (unpaired) electrons. The second-order valence-corrected chi connectivity index (χ2v) is 14.0. The first-order valence-electron chi connectivity index (χ1n) is 16.1. The lowest BCUT2D eigenvalue weighted by atomic mass is 9.92. The van der Waals surface area contributed by atoms with E-state index in [2.05, 4.69) is 45.6 Å². The van der Waals surface area contributed by atoms with Gasteiger partial charge in [-0.25, -0.2) is 17.6 Å². The molecular formula is C32H39FN8O6S2. The van der Waals surface area contributed by atoms with Crippen LogP contribution in [-0.2, 0) is 32.5 Å². The summed E-state index contributed by atoms with van der Waals surface area (Å²) in [5.41, 5.74) is 1.71. The first-order valence-corrected chi connectivity index (χ1v) is 18.0. The van der Waals surface area contributed by atoms with Crippen LogP contribution in [0.5, 0.6) is 0 Å².